The summed E-state index contributed by atoms with van der Waals surface area (Å²) < 4.78 is 18.0. The fraction of sp³-hybridized carbons (Fsp3) is 0.259. The molecule has 0 aliphatic carbocycles. The van der Waals surface area contributed by atoms with Crippen LogP contribution in [0.5, 0.6) is 17.2 Å². The summed E-state index contributed by atoms with van der Waals surface area (Å²) in [6.45, 7) is 6.44. The number of hydrogen-bond donors (Lipinski definition) is 1. The molecular weight excluding hydrogens is 496 g/mol. The number of hydrazone groups is 1. The maximum absolute atomic E-state index is 12.3. The molecule has 0 spiro atoms. The van der Waals surface area contributed by atoms with Crippen molar-refractivity contribution in [1.29, 1.82) is 0 Å². The average Bonchev–Trinajstić information content (AvgIpc) is 2.82. The number of benzene rings is 3. The van der Waals surface area contributed by atoms with Gasteiger partial charge in [-0.1, -0.05) is 54.0 Å². The number of carbonyl (C=O) groups excluding carboxylic acids is 1. The molecule has 3 aromatic carbocycles. The summed E-state index contributed by atoms with van der Waals surface area (Å²) >= 11 is 3.47. The Bertz CT molecular complexity index is 1160. The lowest BCUT2D eigenvalue weighted by atomic mass is 10.0. The molecule has 3 rings (SSSR count). The van der Waals surface area contributed by atoms with Gasteiger partial charge in [0.25, 0.3) is 5.91 Å². The summed E-state index contributed by atoms with van der Waals surface area (Å²) in [5.41, 5.74) is 6.34. The minimum absolute atomic E-state index is 0.135. The normalized spacial score (nSPS) is 11.0. The number of rotatable bonds is 10. The third kappa shape index (κ3) is 7.35. The van der Waals surface area contributed by atoms with Gasteiger partial charge in [0.1, 0.15) is 23.9 Å². The van der Waals surface area contributed by atoms with E-state index in [1.54, 1.807) is 13.2 Å². The summed E-state index contributed by atoms with van der Waals surface area (Å²) in [6.07, 6.45) is 1.53. The van der Waals surface area contributed by atoms with E-state index in [-0.39, 0.29) is 12.5 Å². The van der Waals surface area contributed by atoms with Crippen LogP contribution >= 0.6 is 15.9 Å². The monoisotopic (exact) mass is 524 g/mol. The molecule has 0 radical (unpaired) electrons. The zero-order chi connectivity index (χ0) is 24.5. The van der Waals surface area contributed by atoms with Gasteiger partial charge in [-0.15, -0.1) is 0 Å². The highest BCUT2D eigenvalue weighted by atomic mass is 79.9. The van der Waals surface area contributed by atoms with E-state index >= 15 is 0 Å². The molecule has 0 unspecified atom stereocenters. The van der Waals surface area contributed by atoms with Crippen molar-refractivity contribution in [1.82, 2.24) is 5.43 Å². The number of nitrogens with zero attached hydrogens (tertiary/aromatic N) is 1. The molecule has 0 bridgehead atoms. The lowest BCUT2D eigenvalue weighted by molar-refractivity contribution is -0.123. The summed E-state index contributed by atoms with van der Waals surface area (Å²) in [5.74, 6) is 2.00. The molecule has 7 heteroatoms. The van der Waals surface area contributed by atoms with Crippen LogP contribution in [0.2, 0.25) is 0 Å². The van der Waals surface area contributed by atoms with E-state index < -0.39 is 0 Å². The smallest absolute Gasteiger partial charge is 0.277 e. The Balaban J connectivity index is 1.61. The van der Waals surface area contributed by atoms with Gasteiger partial charge in [-0.2, -0.15) is 5.10 Å². The second-order valence-corrected chi connectivity index (χ2v) is 9.00. The summed E-state index contributed by atoms with van der Waals surface area (Å²) in [5, 5.41) is 4.08. The number of ether oxygens (including phenoxy) is 3. The Hall–Kier alpha value is -3.32. The molecule has 0 atom stereocenters. The Kier molecular flexibility index (Phi) is 9.10. The van der Waals surface area contributed by atoms with Crippen molar-refractivity contribution in [2.45, 2.75) is 33.3 Å². The molecule has 0 aliphatic rings. The van der Waals surface area contributed by atoms with Crippen molar-refractivity contribution in [2.75, 3.05) is 13.7 Å². The van der Waals surface area contributed by atoms with Gasteiger partial charge in [0, 0.05) is 10.0 Å². The van der Waals surface area contributed by atoms with Gasteiger partial charge in [0.2, 0.25) is 0 Å². The molecular formula is C27H29BrN2O4. The molecule has 0 fully saturated rings. The summed E-state index contributed by atoms with van der Waals surface area (Å²) in [7, 11) is 1.59. The first-order valence-electron chi connectivity index (χ1n) is 11.0. The van der Waals surface area contributed by atoms with Crippen LogP contribution in [0, 0.1) is 6.92 Å². The lowest BCUT2D eigenvalue weighted by Crippen LogP contribution is -2.24. The van der Waals surface area contributed by atoms with Gasteiger partial charge in [0.05, 0.1) is 13.3 Å². The van der Waals surface area contributed by atoms with Gasteiger partial charge >= 0.3 is 0 Å². The van der Waals surface area contributed by atoms with E-state index in [0.717, 1.165) is 21.2 Å². The van der Waals surface area contributed by atoms with Gasteiger partial charge in [-0.3, -0.25) is 4.79 Å². The average molecular weight is 525 g/mol. The van der Waals surface area contributed by atoms with E-state index in [9.17, 15) is 4.79 Å². The molecule has 178 valence electrons. The minimum Gasteiger partial charge on any atom is -0.497 e. The lowest BCUT2D eigenvalue weighted by Gasteiger charge is -2.12. The van der Waals surface area contributed by atoms with Crippen molar-refractivity contribution in [2.24, 2.45) is 5.10 Å². The van der Waals surface area contributed by atoms with Crippen molar-refractivity contribution in [3.8, 4) is 17.2 Å². The third-order valence-corrected chi connectivity index (χ3v) is 5.62. The fourth-order valence-electron chi connectivity index (χ4n) is 3.15. The maximum atomic E-state index is 12.3. The van der Waals surface area contributed by atoms with Gasteiger partial charge in [0.15, 0.2) is 6.61 Å². The Morgan fingerprint density at radius 2 is 1.88 bits per heavy atom. The van der Waals surface area contributed by atoms with Crippen molar-refractivity contribution in [3.63, 3.8) is 0 Å². The van der Waals surface area contributed by atoms with E-state index in [1.807, 2.05) is 55.5 Å². The van der Waals surface area contributed by atoms with E-state index in [1.165, 1.54) is 6.21 Å². The number of nitrogens with one attached hydrogen (secondary N) is 1. The molecule has 0 aromatic heterocycles. The van der Waals surface area contributed by atoms with E-state index in [0.29, 0.717) is 35.3 Å². The molecule has 0 aliphatic heterocycles. The maximum Gasteiger partial charge on any atom is 0.277 e. The fourth-order valence-corrected chi connectivity index (χ4v) is 3.60. The molecule has 1 amide bonds. The Morgan fingerprint density at radius 1 is 1.06 bits per heavy atom. The number of methoxy groups -OCH3 is 1. The number of carbonyl (C=O) groups is 1. The second kappa shape index (κ2) is 12.2. The molecule has 0 saturated heterocycles. The highest BCUT2D eigenvalue weighted by Crippen LogP contribution is 2.25. The van der Waals surface area contributed by atoms with Crippen LogP contribution in [-0.4, -0.2) is 25.8 Å². The summed E-state index contributed by atoms with van der Waals surface area (Å²) in [6, 6.07) is 19.4. The minimum atomic E-state index is -0.356. The molecule has 6 nitrogen and oxygen atoms in total. The number of halogens is 1. The van der Waals surface area contributed by atoms with Crippen LogP contribution < -0.4 is 19.6 Å². The van der Waals surface area contributed by atoms with Crippen LogP contribution in [0.1, 0.15) is 42.0 Å². The highest BCUT2D eigenvalue weighted by Gasteiger charge is 2.09. The van der Waals surface area contributed by atoms with Crippen LogP contribution in [0.25, 0.3) is 0 Å². The number of hydrogen-bond acceptors (Lipinski definition) is 5. The molecule has 0 saturated carbocycles. The van der Waals surface area contributed by atoms with Crippen molar-refractivity contribution >= 4 is 28.1 Å². The predicted molar refractivity (Wildman–Crippen MR) is 138 cm³/mol. The van der Waals surface area contributed by atoms with Gasteiger partial charge < -0.3 is 14.2 Å². The quantitative estimate of drug-likeness (QED) is 0.261. The SMILES string of the molecule is COc1ccc(OCc2cccc(Br)c2)c(/C=N/NC(=O)COc2cc(C(C)C)ccc2C)c1. The molecule has 1 N–H and O–H groups in total. The largest absolute Gasteiger partial charge is 0.497 e. The van der Waals surface area contributed by atoms with Crippen LogP contribution in [0.3, 0.4) is 0 Å². The Labute approximate surface area is 209 Å². The predicted octanol–water partition coefficient (Wildman–Crippen LogP) is 6.00. The number of amides is 1. The first-order chi connectivity index (χ1) is 16.4. The topological polar surface area (TPSA) is 69.2 Å². The number of aryl methyl sites for hydroxylation is 1. The standard InChI is InChI=1S/C27H29BrN2O4/c1-18(2)21-9-8-19(3)26(14-21)34-17-27(31)30-29-15-22-13-24(32-4)10-11-25(22)33-16-20-6-5-7-23(28)12-20/h5-15,18H,16-17H2,1-4H3,(H,30,31)/b29-15+. The Morgan fingerprint density at radius 3 is 2.62 bits per heavy atom. The second-order valence-electron chi connectivity index (χ2n) is 8.08. The van der Waals surface area contributed by atoms with Gasteiger partial charge in [-0.25, -0.2) is 5.43 Å². The summed E-state index contributed by atoms with van der Waals surface area (Å²) in [4.78, 5) is 12.3. The zero-order valence-corrected chi connectivity index (χ0v) is 21.4. The molecule has 3 aromatic rings. The van der Waals surface area contributed by atoms with E-state index in [2.05, 4.69) is 46.4 Å². The highest BCUT2D eigenvalue weighted by molar-refractivity contribution is 9.10. The zero-order valence-electron chi connectivity index (χ0n) is 19.8. The van der Waals surface area contributed by atoms with Crippen molar-refractivity contribution in [3.05, 3.63) is 87.4 Å². The van der Waals surface area contributed by atoms with Crippen molar-refractivity contribution < 1.29 is 19.0 Å². The molecule has 0 heterocycles. The van der Waals surface area contributed by atoms with E-state index in [4.69, 9.17) is 14.2 Å². The van der Waals surface area contributed by atoms with Crippen LogP contribution in [-0.2, 0) is 11.4 Å². The first kappa shape index (κ1) is 25.3. The molecule has 34 heavy (non-hydrogen) atoms. The van der Waals surface area contributed by atoms with Gasteiger partial charge in [-0.05, 0) is 65.9 Å². The third-order valence-electron chi connectivity index (χ3n) is 5.13. The first-order valence-corrected chi connectivity index (χ1v) is 11.8. The van der Waals surface area contributed by atoms with Crippen LogP contribution in [0.15, 0.2) is 70.2 Å². The van der Waals surface area contributed by atoms with Crippen LogP contribution in [0.4, 0.5) is 0 Å².